The van der Waals surface area contributed by atoms with Crippen LogP contribution in [0.4, 0.5) is 0 Å². The summed E-state index contributed by atoms with van der Waals surface area (Å²) in [5.74, 6) is 1.85. The fraction of sp³-hybridized carbons (Fsp3) is 0.750. The van der Waals surface area contributed by atoms with E-state index in [1.165, 1.54) is 17.2 Å². The maximum atomic E-state index is 4.77. The molecule has 0 aromatic carbocycles. The van der Waals surface area contributed by atoms with Gasteiger partial charge in [-0.25, -0.2) is 9.66 Å². The van der Waals surface area contributed by atoms with Crippen LogP contribution < -0.4 is 10.3 Å². The zero-order valence-corrected chi connectivity index (χ0v) is 10.7. The topological polar surface area (TPSA) is 33.1 Å². The summed E-state index contributed by atoms with van der Waals surface area (Å²) >= 11 is 0. The van der Waals surface area contributed by atoms with Crippen LogP contribution in [0.15, 0.2) is 0 Å². The van der Waals surface area contributed by atoms with Crippen molar-refractivity contribution in [3.05, 3.63) is 17.2 Å². The molecule has 0 amide bonds. The number of aromatic nitrogens is 2. The molecule has 0 radical (unpaired) electrons. The van der Waals surface area contributed by atoms with Crippen molar-refractivity contribution in [3.63, 3.8) is 0 Å². The highest BCUT2D eigenvalue weighted by Gasteiger charge is 2.20. The van der Waals surface area contributed by atoms with Gasteiger partial charge in [-0.2, -0.15) is 0 Å². The molecule has 1 aromatic heterocycles. The molecule has 0 saturated heterocycles. The van der Waals surface area contributed by atoms with Crippen molar-refractivity contribution in [1.82, 2.24) is 15.0 Å². The maximum Gasteiger partial charge on any atom is 0.128 e. The van der Waals surface area contributed by atoms with Crippen molar-refractivity contribution in [3.8, 4) is 0 Å². The quantitative estimate of drug-likeness (QED) is 0.826. The smallest absolute Gasteiger partial charge is 0.128 e. The molecule has 16 heavy (non-hydrogen) atoms. The van der Waals surface area contributed by atoms with E-state index >= 15 is 0 Å². The molecule has 0 spiro atoms. The van der Waals surface area contributed by atoms with Crippen LogP contribution in [0, 0.1) is 5.92 Å². The van der Waals surface area contributed by atoms with E-state index in [0.29, 0.717) is 5.92 Å². The van der Waals surface area contributed by atoms with Gasteiger partial charge in [0.1, 0.15) is 5.82 Å². The Morgan fingerprint density at radius 3 is 2.81 bits per heavy atom. The first-order valence-electron chi connectivity index (χ1n) is 6.07. The number of nitrogens with zero attached hydrogens (tertiary/aromatic N) is 3. The number of rotatable bonds is 3. The van der Waals surface area contributed by atoms with E-state index in [2.05, 4.69) is 42.9 Å². The molecule has 0 fully saturated rings. The molecule has 4 heteroatoms. The zero-order valence-electron chi connectivity index (χ0n) is 10.7. The van der Waals surface area contributed by atoms with E-state index in [9.17, 15) is 0 Å². The highest BCUT2D eigenvalue weighted by Crippen LogP contribution is 2.18. The minimum Gasteiger partial charge on any atom is -0.317 e. The van der Waals surface area contributed by atoms with Gasteiger partial charge in [-0.1, -0.05) is 13.8 Å². The summed E-state index contributed by atoms with van der Waals surface area (Å²) in [6.45, 7) is 6.47. The van der Waals surface area contributed by atoms with E-state index in [-0.39, 0.29) is 0 Å². The minimum atomic E-state index is 0.649. The highest BCUT2D eigenvalue weighted by atomic mass is 15.5. The van der Waals surface area contributed by atoms with Crippen LogP contribution in [0.25, 0.3) is 0 Å². The summed E-state index contributed by atoms with van der Waals surface area (Å²) in [6, 6.07) is 0. The van der Waals surface area contributed by atoms with Crippen molar-refractivity contribution >= 4 is 0 Å². The summed E-state index contributed by atoms with van der Waals surface area (Å²) in [5.41, 5.74) is 2.62. The van der Waals surface area contributed by atoms with Crippen molar-refractivity contribution < 1.29 is 0 Å². The molecular formula is C12H22N4. The Bertz CT molecular complexity index is 365. The van der Waals surface area contributed by atoms with E-state index < -0.39 is 0 Å². The standard InChI is InChI=1S/C12H22N4/c1-9(2)7-12-14-10-8-13-6-5-11(10)16(12)15(3)4/h9,13H,5-8H2,1-4H3. The summed E-state index contributed by atoms with van der Waals surface area (Å²) < 4.78 is 2.29. The van der Waals surface area contributed by atoms with Gasteiger partial charge in [0.25, 0.3) is 0 Å². The van der Waals surface area contributed by atoms with E-state index in [4.69, 9.17) is 4.98 Å². The fourth-order valence-corrected chi connectivity index (χ4v) is 2.32. The first-order chi connectivity index (χ1) is 7.59. The molecule has 0 unspecified atom stereocenters. The predicted molar refractivity (Wildman–Crippen MR) is 66.2 cm³/mol. The van der Waals surface area contributed by atoms with Gasteiger partial charge < -0.3 is 10.3 Å². The van der Waals surface area contributed by atoms with Gasteiger partial charge in [0, 0.05) is 40.0 Å². The highest BCUT2D eigenvalue weighted by molar-refractivity contribution is 5.22. The maximum absolute atomic E-state index is 4.77. The third-order valence-electron chi connectivity index (χ3n) is 2.92. The predicted octanol–water partition coefficient (Wildman–Crippen LogP) is 0.925. The van der Waals surface area contributed by atoms with E-state index in [0.717, 1.165) is 25.9 Å². The summed E-state index contributed by atoms with van der Waals surface area (Å²) in [7, 11) is 4.18. The second-order valence-corrected chi connectivity index (χ2v) is 5.11. The Morgan fingerprint density at radius 1 is 1.44 bits per heavy atom. The second kappa shape index (κ2) is 4.45. The monoisotopic (exact) mass is 222 g/mol. The summed E-state index contributed by atoms with van der Waals surface area (Å²) in [6.07, 6.45) is 2.13. The lowest BCUT2D eigenvalue weighted by Crippen LogP contribution is -2.32. The van der Waals surface area contributed by atoms with Crippen LogP contribution in [-0.2, 0) is 19.4 Å². The van der Waals surface area contributed by atoms with Crippen LogP contribution in [-0.4, -0.2) is 30.3 Å². The Kier molecular flexibility index (Phi) is 3.19. The molecule has 0 bridgehead atoms. The van der Waals surface area contributed by atoms with Gasteiger partial charge in [0.2, 0.25) is 0 Å². The molecule has 0 atom stereocenters. The number of hydrogen-bond donors (Lipinski definition) is 1. The Balaban J connectivity index is 2.39. The largest absolute Gasteiger partial charge is 0.317 e. The molecule has 1 aliphatic rings. The van der Waals surface area contributed by atoms with Gasteiger partial charge in [-0.3, -0.25) is 0 Å². The van der Waals surface area contributed by atoms with Gasteiger partial charge >= 0.3 is 0 Å². The molecule has 0 aliphatic carbocycles. The van der Waals surface area contributed by atoms with Crippen molar-refractivity contribution in [1.29, 1.82) is 0 Å². The van der Waals surface area contributed by atoms with Crippen LogP contribution in [0.5, 0.6) is 0 Å². The minimum absolute atomic E-state index is 0.649. The average Bonchev–Trinajstić information content (AvgIpc) is 2.53. The number of fused-ring (bicyclic) bond motifs is 1. The third kappa shape index (κ3) is 2.07. The molecule has 4 nitrogen and oxygen atoms in total. The molecular weight excluding hydrogens is 200 g/mol. The van der Waals surface area contributed by atoms with E-state index in [1.807, 2.05) is 0 Å². The second-order valence-electron chi connectivity index (χ2n) is 5.11. The zero-order chi connectivity index (χ0) is 11.7. The molecule has 1 aromatic rings. The Labute approximate surface area is 97.6 Å². The molecule has 2 heterocycles. The third-order valence-corrected chi connectivity index (χ3v) is 2.92. The first-order valence-corrected chi connectivity index (χ1v) is 6.07. The Morgan fingerprint density at radius 2 is 2.19 bits per heavy atom. The van der Waals surface area contributed by atoms with Crippen LogP contribution in [0.3, 0.4) is 0 Å². The molecule has 1 aliphatic heterocycles. The molecule has 2 rings (SSSR count). The number of imidazole rings is 1. The number of hydrogen-bond acceptors (Lipinski definition) is 3. The van der Waals surface area contributed by atoms with Gasteiger partial charge in [0.15, 0.2) is 0 Å². The SMILES string of the molecule is CC(C)Cc1nc2c(n1N(C)C)CCNC2. The Hall–Kier alpha value is -1.03. The lowest BCUT2D eigenvalue weighted by atomic mass is 10.1. The van der Waals surface area contributed by atoms with E-state index in [1.54, 1.807) is 0 Å². The lowest BCUT2D eigenvalue weighted by molar-refractivity contribution is 0.558. The first kappa shape index (κ1) is 11.5. The molecule has 90 valence electrons. The van der Waals surface area contributed by atoms with Crippen LogP contribution in [0.2, 0.25) is 0 Å². The van der Waals surface area contributed by atoms with Crippen LogP contribution in [0.1, 0.15) is 31.1 Å². The lowest BCUT2D eigenvalue weighted by Gasteiger charge is -2.22. The van der Waals surface area contributed by atoms with Crippen molar-refractivity contribution in [2.45, 2.75) is 33.2 Å². The van der Waals surface area contributed by atoms with Crippen LogP contribution >= 0.6 is 0 Å². The molecule has 0 saturated carbocycles. The normalized spacial score (nSPS) is 15.3. The van der Waals surface area contributed by atoms with Gasteiger partial charge in [-0.15, -0.1) is 0 Å². The summed E-state index contributed by atoms with van der Waals surface area (Å²) in [4.78, 5) is 4.77. The van der Waals surface area contributed by atoms with Gasteiger partial charge in [0.05, 0.1) is 11.4 Å². The van der Waals surface area contributed by atoms with Crippen molar-refractivity contribution in [2.75, 3.05) is 25.6 Å². The summed E-state index contributed by atoms with van der Waals surface area (Å²) in [5, 5.41) is 5.53. The van der Waals surface area contributed by atoms with Crippen molar-refractivity contribution in [2.24, 2.45) is 5.92 Å². The average molecular weight is 222 g/mol. The van der Waals surface area contributed by atoms with Gasteiger partial charge in [-0.05, 0) is 5.92 Å². The number of nitrogens with one attached hydrogen (secondary N) is 1. The molecule has 1 N–H and O–H groups in total. The fourth-order valence-electron chi connectivity index (χ4n) is 2.32.